The maximum absolute atomic E-state index is 13.0. The first kappa shape index (κ1) is 27.1. The molecule has 3 amide bonds. The molecule has 2 atom stereocenters. The molecule has 8 nitrogen and oxygen atoms in total. The predicted molar refractivity (Wildman–Crippen MR) is 137 cm³/mol. The van der Waals surface area contributed by atoms with Gasteiger partial charge in [0.15, 0.2) is 0 Å². The maximum atomic E-state index is 13.0. The highest BCUT2D eigenvalue weighted by atomic mass is 19.4. The van der Waals surface area contributed by atoms with Crippen LogP contribution in [0.15, 0.2) is 48.7 Å². The molecule has 1 aromatic heterocycles. The molecule has 1 aromatic carbocycles. The Morgan fingerprint density at radius 2 is 1.67 bits per heavy atom. The topological polar surface area (TPSA) is 94.6 Å². The summed E-state index contributed by atoms with van der Waals surface area (Å²) < 4.78 is 38.9. The Balaban J connectivity index is 1.09. The van der Waals surface area contributed by atoms with Crippen LogP contribution in [-0.4, -0.2) is 76.3 Å². The molecular formula is C28H32F3N5O3. The smallest absolute Gasteiger partial charge is 0.348 e. The molecule has 2 aliphatic heterocycles. The minimum absolute atomic E-state index is 0.0736. The van der Waals surface area contributed by atoms with Crippen LogP contribution in [-0.2, 0) is 11.0 Å². The third-order valence-corrected chi connectivity index (χ3v) is 8.19. The first-order valence-corrected chi connectivity index (χ1v) is 13.4. The van der Waals surface area contributed by atoms with Gasteiger partial charge in [0.05, 0.1) is 12.1 Å². The van der Waals surface area contributed by atoms with Crippen LogP contribution in [0.3, 0.4) is 0 Å². The van der Waals surface area contributed by atoms with E-state index in [-0.39, 0.29) is 42.0 Å². The van der Waals surface area contributed by atoms with Gasteiger partial charge in [-0.15, -0.1) is 0 Å². The number of aromatic nitrogens is 1. The Morgan fingerprint density at radius 3 is 2.38 bits per heavy atom. The highest BCUT2D eigenvalue weighted by molar-refractivity contribution is 5.96. The zero-order chi connectivity index (χ0) is 27.6. The van der Waals surface area contributed by atoms with Gasteiger partial charge in [-0.05, 0) is 68.9 Å². The van der Waals surface area contributed by atoms with E-state index < -0.39 is 17.6 Å². The summed E-state index contributed by atoms with van der Waals surface area (Å²) in [5.41, 5.74) is -0.612. The fourth-order valence-corrected chi connectivity index (χ4v) is 6.29. The fraction of sp³-hybridized carbons (Fsp3) is 0.500. The predicted octanol–water partition coefficient (Wildman–Crippen LogP) is 3.25. The number of fused-ring (bicyclic) bond motifs is 1. The Kier molecular flexibility index (Phi) is 7.88. The Labute approximate surface area is 224 Å². The number of nitrogens with one attached hydrogen (secondary N) is 2. The van der Waals surface area contributed by atoms with Crippen LogP contribution < -0.4 is 10.6 Å². The lowest BCUT2D eigenvalue weighted by Gasteiger charge is -2.37. The number of hydrogen-bond acceptors (Lipinski definition) is 5. The summed E-state index contributed by atoms with van der Waals surface area (Å²) in [7, 11) is 0. The van der Waals surface area contributed by atoms with Crippen LogP contribution in [0.5, 0.6) is 0 Å². The molecule has 0 radical (unpaired) electrons. The molecule has 208 valence electrons. The summed E-state index contributed by atoms with van der Waals surface area (Å²) in [6.07, 6.45) is 2.49. The summed E-state index contributed by atoms with van der Waals surface area (Å²) in [6, 6.07) is 10.3. The van der Waals surface area contributed by atoms with E-state index in [1.165, 1.54) is 12.1 Å². The number of carbonyl (C=O) groups excluding carboxylic acids is 3. The van der Waals surface area contributed by atoms with E-state index in [9.17, 15) is 27.6 Å². The second-order valence-electron chi connectivity index (χ2n) is 10.5. The molecule has 1 aliphatic carbocycles. The minimum Gasteiger partial charge on any atom is -0.348 e. The van der Waals surface area contributed by atoms with Crippen molar-refractivity contribution >= 4 is 17.7 Å². The number of alkyl halides is 3. The van der Waals surface area contributed by atoms with Gasteiger partial charge < -0.3 is 15.5 Å². The van der Waals surface area contributed by atoms with Gasteiger partial charge in [0.2, 0.25) is 5.91 Å². The van der Waals surface area contributed by atoms with E-state index in [0.717, 1.165) is 57.2 Å². The Hall–Kier alpha value is -3.47. The summed E-state index contributed by atoms with van der Waals surface area (Å²) in [5, 5.41) is 5.59. The van der Waals surface area contributed by atoms with Crippen molar-refractivity contribution in [1.82, 2.24) is 25.4 Å². The van der Waals surface area contributed by atoms with E-state index in [1.54, 1.807) is 24.4 Å². The fourth-order valence-electron chi connectivity index (χ4n) is 6.29. The summed E-state index contributed by atoms with van der Waals surface area (Å²) in [5.74, 6) is -1.07. The number of benzene rings is 1. The lowest BCUT2D eigenvalue weighted by molar-refractivity contribution is -0.137. The second-order valence-corrected chi connectivity index (χ2v) is 10.5. The molecule has 3 aliphatic rings. The molecule has 2 aromatic rings. The molecule has 0 unspecified atom stereocenters. The molecule has 3 heterocycles. The van der Waals surface area contributed by atoms with Gasteiger partial charge in [-0.2, -0.15) is 13.2 Å². The number of amides is 3. The van der Waals surface area contributed by atoms with Gasteiger partial charge in [-0.3, -0.25) is 24.3 Å². The maximum Gasteiger partial charge on any atom is 0.416 e. The van der Waals surface area contributed by atoms with Crippen molar-refractivity contribution in [2.24, 2.45) is 0 Å². The molecule has 5 rings (SSSR count). The molecule has 3 fully saturated rings. The average Bonchev–Trinajstić information content (AvgIpc) is 3.55. The number of carbonyl (C=O) groups is 3. The van der Waals surface area contributed by atoms with Crippen LogP contribution in [0.25, 0.3) is 0 Å². The number of nitrogens with zero attached hydrogens (tertiary/aromatic N) is 3. The van der Waals surface area contributed by atoms with Gasteiger partial charge in [-0.25, -0.2) is 0 Å². The van der Waals surface area contributed by atoms with Gasteiger partial charge in [0.25, 0.3) is 11.8 Å². The first-order valence-electron chi connectivity index (χ1n) is 13.4. The normalized spacial score (nSPS) is 25.3. The number of rotatable bonds is 6. The third-order valence-electron chi connectivity index (χ3n) is 8.19. The van der Waals surface area contributed by atoms with Crippen LogP contribution in [0, 0.1) is 0 Å². The van der Waals surface area contributed by atoms with E-state index >= 15 is 0 Å². The minimum atomic E-state index is -4.54. The zero-order valence-electron chi connectivity index (χ0n) is 21.5. The Bertz CT molecular complexity index is 1200. The van der Waals surface area contributed by atoms with Crippen molar-refractivity contribution < 1.29 is 27.6 Å². The highest BCUT2D eigenvalue weighted by Crippen LogP contribution is 2.36. The Morgan fingerprint density at radius 1 is 0.897 bits per heavy atom. The molecular weight excluding hydrogens is 511 g/mol. The van der Waals surface area contributed by atoms with Crippen LogP contribution in [0.2, 0.25) is 0 Å². The van der Waals surface area contributed by atoms with Gasteiger partial charge in [0.1, 0.15) is 5.69 Å². The van der Waals surface area contributed by atoms with E-state index in [0.29, 0.717) is 18.3 Å². The van der Waals surface area contributed by atoms with Crippen molar-refractivity contribution in [1.29, 1.82) is 0 Å². The average molecular weight is 544 g/mol. The number of likely N-dealkylation sites (tertiary alicyclic amines) is 2. The van der Waals surface area contributed by atoms with Crippen molar-refractivity contribution in [3.8, 4) is 0 Å². The van der Waals surface area contributed by atoms with Crippen LogP contribution >= 0.6 is 0 Å². The largest absolute Gasteiger partial charge is 0.416 e. The van der Waals surface area contributed by atoms with Crippen molar-refractivity contribution in [3.05, 3.63) is 65.5 Å². The monoisotopic (exact) mass is 543 g/mol. The first-order chi connectivity index (χ1) is 18.7. The second kappa shape index (κ2) is 11.3. The van der Waals surface area contributed by atoms with Crippen molar-refractivity contribution in [2.45, 2.75) is 68.9 Å². The molecule has 11 heteroatoms. The van der Waals surface area contributed by atoms with E-state index in [2.05, 4.69) is 20.5 Å². The lowest BCUT2D eigenvalue weighted by atomic mass is 9.89. The number of hydrogen-bond donors (Lipinski definition) is 2. The summed E-state index contributed by atoms with van der Waals surface area (Å²) in [4.78, 5) is 46.3. The summed E-state index contributed by atoms with van der Waals surface area (Å²) in [6.45, 7) is 1.24. The molecule has 2 saturated heterocycles. The van der Waals surface area contributed by atoms with Crippen LogP contribution in [0.1, 0.15) is 64.9 Å². The van der Waals surface area contributed by atoms with E-state index in [4.69, 9.17) is 0 Å². The molecule has 0 spiro atoms. The van der Waals surface area contributed by atoms with Crippen LogP contribution in [0.4, 0.5) is 13.2 Å². The number of halogens is 3. The van der Waals surface area contributed by atoms with Gasteiger partial charge in [0, 0.05) is 49.0 Å². The zero-order valence-corrected chi connectivity index (χ0v) is 21.5. The van der Waals surface area contributed by atoms with Gasteiger partial charge in [-0.1, -0.05) is 12.1 Å². The number of pyridine rings is 1. The van der Waals surface area contributed by atoms with E-state index in [1.807, 2.05) is 4.90 Å². The third kappa shape index (κ3) is 6.08. The molecule has 39 heavy (non-hydrogen) atoms. The molecule has 0 bridgehead atoms. The SMILES string of the molecule is O=C(NCC(=O)N1CC[C@H]2[C@@H]1CCN2C1CCC(NC(=O)c2ccccn2)CC1)c1cccc(C(F)(F)F)c1. The molecule has 2 N–H and O–H groups in total. The molecule has 1 saturated carbocycles. The van der Waals surface area contributed by atoms with Gasteiger partial charge >= 0.3 is 6.18 Å². The quantitative estimate of drug-likeness (QED) is 0.584. The van der Waals surface area contributed by atoms with Crippen molar-refractivity contribution in [3.63, 3.8) is 0 Å². The summed E-state index contributed by atoms with van der Waals surface area (Å²) >= 11 is 0. The lowest BCUT2D eigenvalue weighted by Crippen LogP contribution is -2.48. The highest BCUT2D eigenvalue weighted by Gasteiger charge is 2.46. The standard InChI is InChI=1S/C28H32F3N5O3/c29-28(30,31)19-5-3-4-18(16-19)26(38)33-17-25(37)36-15-12-23-24(36)11-14-35(23)21-9-7-20(8-10-21)34-27(39)22-6-1-2-13-32-22/h1-6,13,16,20-21,23-24H,7-12,14-15,17H2,(H,33,38)(H,34,39)/t20?,21?,23-,24-/m0/s1. The van der Waals surface area contributed by atoms with Crippen molar-refractivity contribution in [2.75, 3.05) is 19.6 Å².